The number of carbonyl (C=O) groups is 1. The molecule has 1 saturated heterocycles. The summed E-state index contributed by atoms with van der Waals surface area (Å²) in [5.41, 5.74) is 0.306. The minimum absolute atomic E-state index is 0.0822. The number of benzene rings is 1. The average molecular weight is 307 g/mol. The van der Waals surface area contributed by atoms with Crippen LogP contribution in [0.15, 0.2) is 29.2 Å². The van der Waals surface area contributed by atoms with Crippen LogP contribution in [0, 0.1) is 11.3 Å². The molecule has 1 aromatic rings. The van der Waals surface area contributed by atoms with Gasteiger partial charge in [0.1, 0.15) is 0 Å². The molecule has 6 nitrogen and oxygen atoms in total. The van der Waals surface area contributed by atoms with Crippen molar-refractivity contribution in [3.05, 3.63) is 29.8 Å². The van der Waals surface area contributed by atoms with Crippen molar-refractivity contribution in [3.8, 4) is 6.07 Å². The number of rotatable bonds is 6. The normalized spacial score (nSPS) is 15.2. The Balaban J connectivity index is 1.86. The van der Waals surface area contributed by atoms with E-state index in [2.05, 4.69) is 4.72 Å². The highest BCUT2D eigenvalue weighted by Crippen LogP contribution is 2.12. The molecule has 0 aliphatic carbocycles. The van der Waals surface area contributed by atoms with E-state index in [-0.39, 0.29) is 17.3 Å². The number of amides is 1. The van der Waals surface area contributed by atoms with Crippen LogP contribution in [-0.2, 0) is 14.8 Å². The highest BCUT2D eigenvalue weighted by Gasteiger charge is 2.19. The van der Waals surface area contributed by atoms with Crippen LogP contribution < -0.4 is 4.72 Å². The van der Waals surface area contributed by atoms with Crippen molar-refractivity contribution in [2.75, 3.05) is 19.6 Å². The van der Waals surface area contributed by atoms with Crippen LogP contribution in [0.4, 0.5) is 0 Å². The van der Waals surface area contributed by atoms with Gasteiger partial charge in [-0.15, -0.1) is 0 Å². The lowest BCUT2D eigenvalue weighted by Gasteiger charge is -2.15. The number of nitrogens with zero attached hydrogens (tertiary/aromatic N) is 2. The smallest absolute Gasteiger partial charge is 0.240 e. The Kier molecular flexibility index (Phi) is 4.94. The van der Waals surface area contributed by atoms with Crippen LogP contribution in [0.2, 0.25) is 0 Å². The van der Waals surface area contributed by atoms with E-state index in [1.807, 2.05) is 6.07 Å². The zero-order valence-electron chi connectivity index (χ0n) is 11.6. The summed E-state index contributed by atoms with van der Waals surface area (Å²) in [4.78, 5) is 13.3. The fourth-order valence-corrected chi connectivity index (χ4v) is 3.35. The Hall–Kier alpha value is -1.91. The summed E-state index contributed by atoms with van der Waals surface area (Å²) >= 11 is 0. The van der Waals surface area contributed by atoms with Crippen molar-refractivity contribution in [2.45, 2.75) is 24.2 Å². The molecule has 1 fully saturated rings. The summed E-state index contributed by atoms with van der Waals surface area (Å²) in [5, 5.41) is 8.79. The van der Waals surface area contributed by atoms with Gasteiger partial charge in [-0.3, -0.25) is 4.79 Å². The molecule has 0 spiro atoms. The summed E-state index contributed by atoms with van der Waals surface area (Å²) < 4.78 is 26.6. The Labute approximate surface area is 124 Å². The van der Waals surface area contributed by atoms with Crippen molar-refractivity contribution in [1.29, 1.82) is 5.26 Å². The lowest BCUT2D eigenvalue weighted by Crippen LogP contribution is -2.30. The van der Waals surface area contributed by atoms with Gasteiger partial charge < -0.3 is 4.90 Å². The van der Waals surface area contributed by atoms with E-state index < -0.39 is 10.0 Å². The molecule has 0 unspecified atom stereocenters. The van der Waals surface area contributed by atoms with E-state index in [4.69, 9.17) is 5.26 Å². The largest absolute Gasteiger partial charge is 0.343 e. The summed E-state index contributed by atoms with van der Waals surface area (Å²) in [6.07, 6.45) is 2.04. The van der Waals surface area contributed by atoms with Crippen LogP contribution in [0.1, 0.15) is 24.8 Å². The first-order chi connectivity index (χ1) is 10.0. The molecule has 1 amide bonds. The zero-order valence-corrected chi connectivity index (χ0v) is 12.4. The zero-order chi connectivity index (χ0) is 15.3. The van der Waals surface area contributed by atoms with Gasteiger partial charge in [0.2, 0.25) is 15.9 Å². The number of hydrogen-bond donors (Lipinski definition) is 1. The SMILES string of the molecule is N#Cc1cccc(S(=O)(=O)NCCCN2CCCC2=O)c1. The Bertz CT molecular complexity index is 664. The molecule has 1 aliphatic heterocycles. The molecule has 0 aromatic heterocycles. The lowest BCUT2D eigenvalue weighted by atomic mass is 10.2. The summed E-state index contributed by atoms with van der Waals surface area (Å²) in [7, 11) is -3.61. The number of sulfonamides is 1. The van der Waals surface area contributed by atoms with Crippen molar-refractivity contribution in [2.24, 2.45) is 0 Å². The highest BCUT2D eigenvalue weighted by molar-refractivity contribution is 7.89. The maximum Gasteiger partial charge on any atom is 0.240 e. The van der Waals surface area contributed by atoms with Gasteiger partial charge in [0.05, 0.1) is 16.5 Å². The van der Waals surface area contributed by atoms with Crippen LogP contribution in [-0.4, -0.2) is 38.9 Å². The van der Waals surface area contributed by atoms with Crippen molar-refractivity contribution < 1.29 is 13.2 Å². The van der Waals surface area contributed by atoms with Gasteiger partial charge in [0.25, 0.3) is 0 Å². The third kappa shape index (κ3) is 4.03. The fourth-order valence-electron chi connectivity index (χ4n) is 2.23. The monoisotopic (exact) mass is 307 g/mol. The Morgan fingerprint density at radius 2 is 2.19 bits per heavy atom. The quantitative estimate of drug-likeness (QED) is 0.789. The van der Waals surface area contributed by atoms with Gasteiger partial charge in [-0.05, 0) is 31.0 Å². The van der Waals surface area contributed by atoms with E-state index in [0.29, 0.717) is 24.9 Å². The van der Waals surface area contributed by atoms with E-state index in [1.165, 1.54) is 18.2 Å². The first kappa shape index (κ1) is 15.5. The van der Waals surface area contributed by atoms with E-state index >= 15 is 0 Å². The second-order valence-electron chi connectivity index (χ2n) is 4.88. The third-order valence-corrected chi connectivity index (χ3v) is 4.80. The summed E-state index contributed by atoms with van der Waals surface area (Å²) in [6.45, 7) is 1.60. The molecular formula is C14H17N3O3S. The number of hydrogen-bond acceptors (Lipinski definition) is 4. The molecule has 0 atom stereocenters. The van der Waals surface area contributed by atoms with E-state index in [9.17, 15) is 13.2 Å². The Morgan fingerprint density at radius 3 is 2.86 bits per heavy atom. The first-order valence-electron chi connectivity index (χ1n) is 6.80. The maximum atomic E-state index is 12.1. The number of nitrogens with one attached hydrogen (secondary N) is 1. The minimum atomic E-state index is -3.61. The molecular weight excluding hydrogens is 290 g/mol. The third-order valence-electron chi connectivity index (χ3n) is 3.34. The first-order valence-corrected chi connectivity index (χ1v) is 8.29. The second kappa shape index (κ2) is 6.70. The molecule has 21 heavy (non-hydrogen) atoms. The highest BCUT2D eigenvalue weighted by atomic mass is 32.2. The second-order valence-corrected chi connectivity index (χ2v) is 6.64. The summed E-state index contributed by atoms with van der Waals surface area (Å²) in [6, 6.07) is 7.79. The molecule has 112 valence electrons. The molecule has 1 N–H and O–H groups in total. The molecule has 1 aromatic carbocycles. The fraction of sp³-hybridized carbons (Fsp3) is 0.429. The van der Waals surface area contributed by atoms with Gasteiger partial charge in [0, 0.05) is 26.1 Å². The molecule has 1 aliphatic rings. The predicted octanol–water partition coefficient (Wildman–Crippen LogP) is 0.849. The minimum Gasteiger partial charge on any atom is -0.343 e. The average Bonchev–Trinajstić information content (AvgIpc) is 2.89. The number of carbonyl (C=O) groups excluding carboxylic acids is 1. The molecule has 1 heterocycles. The van der Waals surface area contributed by atoms with Crippen molar-refractivity contribution in [3.63, 3.8) is 0 Å². The Morgan fingerprint density at radius 1 is 1.38 bits per heavy atom. The van der Waals surface area contributed by atoms with Gasteiger partial charge in [-0.1, -0.05) is 6.07 Å². The van der Waals surface area contributed by atoms with Gasteiger partial charge in [-0.2, -0.15) is 5.26 Å². The van der Waals surface area contributed by atoms with Gasteiger partial charge >= 0.3 is 0 Å². The van der Waals surface area contributed by atoms with Crippen LogP contribution >= 0.6 is 0 Å². The van der Waals surface area contributed by atoms with Crippen LogP contribution in [0.25, 0.3) is 0 Å². The molecule has 2 rings (SSSR count). The maximum absolute atomic E-state index is 12.1. The number of nitriles is 1. The van der Waals surface area contributed by atoms with Gasteiger partial charge in [0.15, 0.2) is 0 Å². The molecule has 7 heteroatoms. The lowest BCUT2D eigenvalue weighted by molar-refractivity contribution is -0.127. The topological polar surface area (TPSA) is 90.3 Å². The van der Waals surface area contributed by atoms with E-state index in [0.717, 1.165) is 13.0 Å². The molecule has 0 bridgehead atoms. The van der Waals surface area contributed by atoms with Gasteiger partial charge in [-0.25, -0.2) is 13.1 Å². The molecule has 0 radical (unpaired) electrons. The predicted molar refractivity (Wildman–Crippen MR) is 76.8 cm³/mol. The van der Waals surface area contributed by atoms with E-state index in [1.54, 1.807) is 11.0 Å². The van der Waals surface area contributed by atoms with Crippen molar-refractivity contribution >= 4 is 15.9 Å². The van der Waals surface area contributed by atoms with Crippen LogP contribution in [0.5, 0.6) is 0 Å². The van der Waals surface area contributed by atoms with Crippen molar-refractivity contribution in [1.82, 2.24) is 9.62 Å². The summed E-state index contributed by atoms with van der Waals surface area (Å²) in [5.74, 6) is 0.138. The molecule has 0 saturated carbocycles. The number of likely N-dealkylation sites (tertiary alicyclic amines) is 1. The standard InChI is InChI=1S/C14H17N3O3S/c15-11-12-4-1-5-13(10-12)21(19,20)16-7-3-9-17-8-2-6-14(17)18/h1,4-5,10,16H,2-3,6-9H2. The van der Waals surface area contributed by atoms with Crippen LogP contribution in [0.3, 0.4) is 0 Å².